The minimum absolute atomic E-state index is 0.0402. The van der Waals surface area contributed by atoms with E-state index in [0.717, 1.165) is 30.6 Å². The normalized spacial score (nSPS) is 16.6. The first-order valence-corrected chi connectivity index (χ1v) is 11.2. The molecule has 0 aliphatic carbocycles. The number of anilines is 1. The van der Waals surface area contributed by atoms with Crippen molar-refractivity contribution >= 4 is 28.3 Å². The monoisotopic (exact) mass is 429 g/mol. The van der Waals surface area contributed by atoms with Gasteiger partial charge in [0.1, 0.15) is 11.3 Å². The van der Waals surface area contributed by atoms with Crippen LogP contribution in [-0.4, -0.2) is 12.6 Å². The second-order valence-electron chi connectivity index (χ2n) is 8.17. The number of halogens is 1. The van der Waals surface area contributed by atoms with E-state index >= 15 is 0 Å². The van der Waals surface area contributed by atoms with Crippen molar-refractivity contribution in [2.45, 2.75) is 32.2 Å². The van der Waals surface area contributed by atoms with Gasteiger partial charge >= 0.3 is 0 Å². The van der Waals surface area contributed by atoms with E-state index in [2.05, 4.69) is 11.8 Å². The fraction of sp³-hybridized carbons (Fsp3) is 0.222. The molecular weight excluding hydrogens is 406 g/mol. The molecule has 0 amide bonds. The summed E-state index contributed by atoms with van der Waals surface area (Å²) in [6, 6.07) is 23.5. The van der Waals surface area contributed by atoms with Gasteiger partial charge in [0.15, 0.2) is 0 Å². The van der Waals surface area contributed by atoms with Crippen LogP contribution in [0.2, 0.25) is 5.02 Å². The molecule has 4 aromatic rings. The number of benzene rings is 3. The fourth-order valence-electron chi connectivity index (χ4n) is 4.62. The molecule has 1 saturated heterocycles. The van der Waals surface area contributed by atoms with Crippen molar-refractivity contribution in [1.82, 2.24) is 0 Å². The molecule has 0 spiro atoms. The number of fused-ring (bicyclic) bond motifs is 1. The molecule has 2 heterocycles. The maximum absolute atomic E-state index is 14.1. The highest BCUT2D eigenvalue weighted by molar-refractivity contribution is 6.33. The number of hydrogen-bond donors (Lipinski definition) is 0. The predicted molar refractivity (Wildman–Crippen MR) is 129 cm³/mol. The molecule has 0 radical (unpaired) electrons. The van der Waals surface area contributed by atoms with Crippen LogP contribution in [0.4, 0.5) is 5.69 Å². The van der Waals surface area contributed by atoms with Gasteiger partial charge in [-0.3, -0.25) is 4.79 Å². The average Bonchev–Trinajstić information content (AvgIpc) is 2.80. The summed E-state index contributed by atoms with van der Waals surface area (Å²) in [4.78, 5) is 16.4. The van der Waals surface area contributed by atoms with Gasteiger partial charge in [-0.2, -0.15) is 0 Å². The number of piperidine rings is 1. The summed E-state index contributed by atoms with van der Waals surface area (Å²) in [5, 5.41) is 1.17. The second-order valence-corrected chi connectivity index (χ2v) is 8.58. The molecule has 3 nitrogen and oxygen atoms in total. The summed E-state index contributed by atoms with van der Waals surface area (Å²) < 4.78 is 6.45. The topological polar surface area (TPSA) is 33.5 Å². The van der Waals surface area contributed by atoms with E-state index in [1.807, 2.05) is 72.8 Å². The van der Waals surface area contributed by atoms with Crippen LogP contribution in [0.15, 0.2) is 82.0 Å². The van der Waals surface area contributed by atoms with E-state index < -0.39 is 0 Å². The third-order valence-electron chi connectivity index (χ3n) is 6.19. The zero-order valence-electron chi connectivity index (χ0n) is 17.5. The van der Waals surface area contributed by atoms with Gasteiger partial charge in [-0.15, -0.1) is 0 Å². The van der Waals surface area contributed by atoms with Gasteiger partial charge in [-0.05, 0) is 44.4 Å². The third-order valence-corrected chi connectivity index (χ3v) is 6.52. The van der Waals surface area contributed by atoms with Crippen molar-refractivity contribution < 1.29 is 4.42 Å². The van der Waals surface area contributed by atoms with Crippen molar-refractivity contribution in [3.05, 3.63) is 88.0 Å². The van der Waals surface area contributed by atoms with Crippen molar-refractivity contribution in [2.75, 3.05) is 11.4 Å². The van der Waals surface area contributed by atoms with Gasteiger partial charge in [0, 0.05) is 28.7 Å². The molecule has 5 rings (SSSR count). The number of rotatable bonds is 3. The van der Waals surface area contributed by atoms with Crippen LogP contribution in [0.5, 0.6) is 0 Å². The molecule has 31 heavy (non-hydrogen) atoms. The Kier molecular flexibility index (Phi) is 5.29. The summed E-state index contributed by atoms with van der Waals surface area (Å²) in [6.45, 7) is 3.18. The third kappa shape index (κ3) is 3.53. The maximum atomic E-state index is 14.1. The van der Waals surface area contributed by atoms with Gasteiger partial charge in [0.2, 0.25) is 5.43 Å². The molecule has 1 fully saturated rings. The first-order valence-electron chi connectivity index (χ1n) is 10.8. The molecule has 0 N–H and O–H groups in total. The van der Waals surface area contributed by atoms with E-state index in [0.29, 0.717) is 38.9 Å². The summed E-state index contributed by atoms with van der Waals surface area (Å²) in [5.74, 6) is 0.551. The molecule has 156 valence electrons. The van der Waals surface area contributed by atoms with Crippen LogP contribution in [-0.2, 0) is 0 Å². The zero-order chi connectivity index (χ0) is 21.4. The standard InChI is InChI=1S/C27H24ClNO2/c1-18-10-7-8-17-29(18)22-15-9-16-23-25(22)26(30)24(20-13-5-6-14-21(20)28)27(31-23)19-11-3-2-4-12-19/h2-6,9,11-16,18H,7-8,10,17H2,1H3. The molecule has 1 atom stereocenters. The lowest BCUT2D eigenvalue weighted by Crippen LogP contribution is -2.38. The molecule has 1 unspecified atom stereocenters. The Morgan fingerprint density at radius 2 is 1.71 bits per heavy atom. The lowest BCUT2D eigenvalue weighted by molar-refractivity contribution is 0.485. The van der Waals surface area contributed by atoms with Gasteiger partial charge in [-0.25, -0.2) is 0 Å². The molecular formula is C27H24ClNO2. The van der Waals surface area contributed by atoms with Gasteiger partial charge in [-0.1, -0.05) is 66.2 Å². The quantitative estimate of drug-likeness (QED) is 0.346. The highest BCUT2D eigenvalue weighted by Gasteiger charge is 2.25. The lowest BCUT2D eigenvalue weighted by Gasteiger charge is -2.36. The van der Waals surface area contributed by atoms with Gasteiger partial charge in [0.05, 0.1) is 16.6 Å². The largest absolute Gasteiger partial charge is 0.455 e. The van der Waals surface area contributed by atoms with E-state index in [1.54, 1.807) is 0 Å². The van der Waals surface area contributed by atoms with Crippen molar-refractivity contribution in [3.63, 3.8) is 0 Å². The smallest absolute Gasteiger partial charge is 0.203 e. The number of nitrogens with zero attached hydrogens (tertiary/aromatic N) is 1. The fourth-order valence-corrected chi connectivity index (χ4v) is 4.85. The second kappa shape index (κ2) is 8.24. The maximum Gasteiger partial charge on any atom is 0.203 e. The van der Waals surface area contributed by atoms with Gasteiger partial charge < -0.3 is 9.32 Å². The highest BCUT2D eigenvalue weighted by Crippen LogP contribution is 2.38. The first kappa shape index (κ1) is 19.9. The molecule has 0 bridgehead atoms. The Morgan fingerprint density at radius 3 is 2.48 bits per heavy atom. The molecule has 1 aromatic heterocycles. The summed E-state index contributed by atoms with van der Waals surface area (Å²) >= 11 is 6.56. The Bertz CT molecular complexity index is 1300. The highest BCUT2D eigenvalue weighted by atomic mass is 35.5. The van der Waals surface area contributed by atoms with Crippen LogP contribution < -0.4 is 10.3 Å². The van der Waals surface area contributed by atoms with Crippen molar-refractivity contribution in [2.24, 2.45) is 0 Å². The SMILES string of the molecule is CC1CCCCN1c1cccc2oc(-c3ccccc3)c(-c3ccccc3Cl)c(=O)c12. The van der Waals surface area contributed by atoms with Crippen LogP contribution in [0.3, 0.4) is 0 Å². The molecule has 1 aliphatic rings. The Balaban J connectivity index is 1.86. The molecule has 3 aromatic carbocycles. The minimum Gasteiger partial charge on any atom is -0.455 e. The van der Waals surface area contributed by atoms with E-state index in [-0.39, 0.29) is 5.43 Å². The molecule has 4 heteroatoms. The van der Waals surface area contributed by atoms with E-state index in [9.17, 15) is 4.79 Å². The average molecular weight is 430 g/mol. The van der Waals surface area contributed by atoms with E-state index in [1.165, 1.54) is 6.42 Å². The Morgan fingerprint density at radius 1 is 0.935 bits per heavy atom. The van der Waals surface area contributed by atoms with Crippen LogP contribution in [0.1, 0.15) is 26.2 Å². The van der Waals surface area contributed by atoms with E-state index in [4.69, 9.17) is 16.0 Å². The van der Waals surface area contributed by atoms with Gasteiger partial charge in [0.25, 0.3) is 0 Å². The Labute approximate surface area is 186 Å². The summed E-state index contributed by atoms with van der Waals surface area (Å²) in [6.07, 6.45) is 3.48. The Hall–Kier alpha value is -3.04. The van der Waals surface area contributed by atoms with Crippen LogP contribution in [0, 0.1) is 0 Å². The molecule has 1 aliphatic heterocycles. The molecule has 0 saturated carbocycles. The summed E-state index contributed by atoms with van der Waals surface area (Å²) in [5.41, 5.74) is 3.58. The van der Waals surface area contributed by atoms with Crippen LogP contribution in [0.25, 0.3) is 33.4 Å². The first-order chi connectivity index (χ1) is 15.1. The predicted octanol–water partition coefficient (Wildman–Crippen LogP) is 7.16. The number of hydrogen-bond acceptors (Lipinski definition) is 3. The minimum atomic E-state index is -0.0402. The van der Waals surface area contributed by atoms with Crippen LogP contribution >= 0.6 is 11.6 Å². The lowest BCUT2D eigenvalue weighted by atomic mass is 9.96. The van der Waals surface area contributed by atoms with Crippen molar-refractivity contribution in [3.8, 4) is 22.5 Å². The summed E-state index contributed by atoms with van der Waals surface area (Å²) in [7, 11) is 0. The zero-order valence-corrected chi connectivity index (χ0v) is 18.2. The van der Waals surface area contributed by atoms with Crippen molar-refractivity contribution in [1.29, 1.82) is 0 Å².